The topological polar surface area (TPSA) is 61.6 Å². The van der Waals surface area contributed by atoms with Crippen LogP contribution >= 0.6 is 0 Å². The van der Waals surface area contributed by atoms with Gasteiger partial charge < -0.3 is 9.47 Å². The molecule has 1 aliphatic heterocycles. The highest BCUT2D eigenvalue weighted by molar-refractivity contribution is 5.49. The molecular formula is C12H13NO4. The zero-order chi connectivity index (χ0) is 11.8. The normalized spacial score (nSPS) is 26.1. The van der Waals surface area contributed by atoms with E-state index >= 15 is 0 Å². The summed E-state index contributed by atoms with van der Waals surface area (Å²) in [4.78, 5) is 10.3. The van der Waals surface area contributed by atoms with Crippen LogP contribution in [-0.2, 0) is 0 Å². The molecule has 0 unspecified atom stereocenters. The van der Waals surface area contributed by atoms with Gasteiger partial charge in [-0.15, -0.1) is 0 Å². The van der Waals surface area contributed by atoms with Crippen LogP contribution in [0.15, 0.2) is 18.2 Å². The molecule has 0 aromatic heterocycles. The maximum Gasteiger partial charge on any atom is 0.273 e. The van der Waals surface area contributed by atoms with Crippen LogP contribution in [0.4, 0.5) is 5.69 Å². The molecule has 0 N–H and O–H groups in total. The molecule has 0 spiro atoms. The molecule has 3 rings (SSSR count). The van der Waals surface area contributed by atoms with Crippen LogP contribution in [0.5, 0.6) is 11.5 Å². The fraction of sp³-hybridized carbons (Fsp3) is 0.500. The van der Waals surface area contributed by atoms with E-state index < -0.39 is 4.92 Å². The quantitative estimate of drug-likeness (QED) is 0.554. The number of hydrogen-bond donors (Lipinski definition) is 0. The van der Waals surface area contributed by atoms with E-state index in [1.165, 1.54) is 12.1 Å². The first-order chi connectivity index (χ1) is 8.24. The smallest absolute Gasteiger partial charge is 0.273 e. The van der Waals surface area contributed by atoms with Gasteiger partial charge in [-0.05, 0) is 31.7 Å². The lowest BCUT2D eigenvalue weighted by Gasteiger charge is -2.36. The molecule has 1 fully saturated rings. The fourth-order valence-corrected chi connectivity index (χ4v) is 2.46. The zero-order valence-electron chi connectivity index (χ0n) is 9.30. The van der Waals surface area contributed by atoms with E-state index in [4.69, 9.17) is 9.47 Å². The van der Waals surface area contributed by atoms with Gasteiger partial charge in [0.15, 0.2) is 11.5 Å². The van der Waals surface area contributed by atoms with Crippen molar-refractivity contribution < 1.29 is 14.4 Å². The van der Waals surface area contributed by atoms with E-state index in [1.54, 1.807) is 6.07 Å². The van der Waals surface area contributed by atoms with E-state index in [0.29, 0.717) is 11.5 Å². The lowest BCUT2D eigenvalue weighted by atomic mass is 9.93. The molecule has 5 nitrogen and oxygen atoms in total. The van der Waals surface area contributed by atoms with E-state index in [1.807, 2.05) is 0 Å². The number of rotatable bonds is 1. The molecule has 17 heavy (non-hydrogen) atoms. The lowest BCUT2D eigenvalue weighted by molar-refractivity contribution is -0.385. The Bertz CT molecular complexity index is 460. The summed E-state index contributed by atoms with van der Waals surface area (Å²) in [5.74, 6) is 1.13. The van der Waals surface area contributed by atoms with Gasteiger partial charge >= 0.3 is 0 Å². The van der Waals surface area contributed by atoms with Crippen molar-refractivity contribution >= 4 is 5.69 Å². The molecule has 5 heteroatoms. The second kappa shape index (κ2) is 3.91. The third-order valence-electron chi connectivity index (χ3n) is 3.34. The maximum atomic E-state index is 10.7. The first-order valence-electron chi connectivity index (χ1n) is 5.86. The van der Waals surface area contributed by atoms with Gasteiger partial charge in [0.1, 0.15) is 12.2 Å². The van der Waals surface area contributed by atoms with Crippen LogP contribution in [0.25, 0.3) is 0 Å². The molecule has 0 saturated heterocycles. The summed E-state index contributed by atoms with van der Waals surface area (Å²) < 4.78 is 11.6. The Morgan fingerprint density at radius 1 is 1.12 bits per heavy atom. The van der Waals surface area contributed by atoms with Crippen molar-refractivity contribution in [3.05, 3.63) is 28.3 Å². The molecule has 1 aromatic rings. The molecule has 1 heterocycles. The van der Waals surface area contributed by atoms with Gasteiger partial charge in [-0.3, -0.25) is 10.1 Å². The number of ether oxygens (including phenoxy) is 2. The summed E-state index contributed by atoms with van der Waals surface area (Å²) in [5.41, 5.74) is 0.0432. The standard InChI is InChI=1S/C12H13NO4/c14-13(15)8-5-6-11-12(7-8)17-10-4-2-1-3-9(10)16-11/h5-7,9-10H,1-4H2/t9-,10-/m0/s1. The van der Waals surface area contributed by atoms with E-state index in [-0.39, 0.29) is 17.9 Å². The molecule has 0 amide bonds. The highest BCUT2D eigenvalue weighted by atomic mass is 16.6. The fourth-order valence-electron chi connectivity index (χ4n) is 2.46. The minimum atomic E-state index is -0.420. The average molecular weight is 235 g/mol. The monoisotopic (exact) mass is 235 g/mol. The largest absolute Gasteiger partial charge is 0.483 e. The van der Waals surface area contributed by atoms with Crippen LogP contribution in [0.3, 0.4) is 0 Å². The maximum absolute atomic E-state index is 10.7. The summed E-state index contributed by atoms with van der Waals surface area (Å²) >= 11 is 0. The van der Waals surface area contributed by atoms with Gasteiger partial charge in [0.05, 0.1) is 11.0 Å². The predicted octanol–water partition coefficient (Wildman–Crippen LogP) is 2.68. The van der Waals surface area contributed by atoms with Crippen LogP contribution in [0, 0.1) is 10.1 Å². The lowest BCUT2D eigenvalue weighted by Crippen LogP contribution is -2.41. The number of fused-ring (bicyclic) bond motifs is 2. The zero-order valence-corrected chi connectivity index (χ0v) is 9.30. The Balaban J connectivity index is 1.91. The van der Waals surface area contributed by atoms with E-state index in [0.717, 1.165) is 25.7 Å². The Morgan fingerprint density at radius 2 is 1.76 bits per heavy atom. The van der Waals surface area contributed by atoms with Gasteiger partial charge in [0, 0.05) is 6.07 Å². The number of hydrogen-bond acceptors (Lipinski definition) is 4. The SMILES string of the molecule is O=[N+]([O-])c1ccc2c(c1)O[C@H]1CCCC[C@@H]1O2. The highest BCUT2D eigenvalue weighted by Crippen LogP contribution is 2.40. The summed E-state index contributed by atoms with van der Waals surface area (Å²) in [6, 6.07) is 4.52. The Morgan fingerprint density at radius 3 is 2.41 bits per heavy atom. The molecule has 2 atom stereocenters. The van der Waals surface area contributed by atoms with Crippen molar-refractivity contribution in [3.8, 4) is 11.5 Å². The van der Waals surface area contributed by atoms with E-state index in [9.17, 15) is 10.1 Å². The molecule has 0 bridgehead atoms. The summed E-state index contributed by atoms with van der Waals surface area (Å²) in [6.07, 6.45) is 4.42. The molecule has 0 radical (unpaired) electrons. The van der Waals surface area contributed by atoms with Crippen molar-refractivity contribution in [3.63, 3.8) is 0 Å². The first kappa shape index (κ1) is 10.4. The van der Waals surface area contributed by atoms with Crippen LogP contribution in [0.1, 0.15) is 25.7 Å². The number of nitro groups is 1. The van der Waals surface area contributed by atoms with Crippen LogP contribution in [0.2, 0.25) is 0 Å². The summed E-state index contributed by atoms with van der Waals surface area (Å²) in [5, 5.41) is 10.7. The van der Waals surface area contributed by atoms with Crippen molar-refractivity contribution in [2.24, 2.45) is 0 Å². The van der Waals surface area contributed by atoms with Crippen molar-refractivity contribution in [2.45, 2.75) is 37.9 Å². The van der Waals surface area contributed by atoms with Gasteiger partial charge in [-0.2, -0.15) is 0 Å². The minimum absolute atomic E-state index is 0.0432. The Hall–Kier alpha value is -1.78. The van der Waals surface area contributed by atoms with Gasteiger partial charge in [-0.25, -0.2) is 0 Å². The molecule has 2 aliphatic rings. The van der Waals surface area contributed by atoms with Gasteiger partial charge in [-0.1, -0.05) is 0 Å². The highest BCUT2D eigenvalue weighted by Gasteiger charge is 2.34. The van der Waals surface area contributed by atoms with Crippen molar-refractivity contribution in [2.75, 3.05) is 0 Å². The Kier molecular flexibility index (Phi) is 2.39. The summed E-state index contributed by atoms with van der Waals surface area (Å²) in [7, 11) is 0. The number of nitro benzene ring substituents is 1. The molecule has 1 aliphatic carbocycles. The second-order valence-electron chi connectivity index (χ2n) is 4.49. The minimum Gasteiger partial charge on any atom is -0.483 e. The number of benzene rings is 1. The third kappa shape index (κ3) is 1.81. The van der Waals surface area contributed by atoms with Gasteiger partial charge in [0.25, 0.3) is 5.69 Å². The molecule has 1 aromatic carbocycles. The van der Waals surface area contributed by atoms with Crippen LogP contribution in [-0.4, -0.2) is 17.1 Å². The number of non-ortho nitro benzene ring substituents is 1. The van der Waals surface area contributed by atoms with E-state index in [2.05, 4.69) is 0 Å². The second-order valence-corrected chi connectivity index (χ2v) is 4.49. The molecule has 1 saturated carbocycles. The predicted molar refractivity (Wildman–Crippen MR) is 60.4 cm³/mol. The Labute approximate surface area is 98.5 Å². The summed E-state index contributed by atoms with van der Waals surface area (Å²) in [6.45, 7) is 0. The first-order valence-corrected chi connectivity index (χ1v) is 5.86. The van der Waals surface area contributed by atoms with Crippen LogP contribution < -0.4 is 9.47 Å². The van der Waals surface area contributed by atoms with Crippen molar-refractivity contribution in [1.29, 1.82) is 0 Å². The average Bonchev–Trinajstić information content (AvgIpc) is 2.35. The molecule has 90 valence electrons. The van der Waals surface area contributed by atoms with Gasteiger partial charge in [0.2, 0.25) is 0 Å². The number of nitrogens with zero attached hydrogens (tertiary/aromatic N) is 1. The van der Waals surface area contributed by atoms with Crippen molar-refractivity contribution in [1.82, 2.24) is 0 Å². The third-order valence-corrected chi connectivity index (χ3v) is 3.34. The molecular weight excluding hydrogens is 222 g/mol.